The number of hydrogen-bond acceptors (Lipinski definition) is 5. The van der Waals surface area contributed by atoms with Crippen LogP contribution in [0.2, 0.25) is 0 Å². The topological polar surface area (TPSA) is 98.7 Å². The molecule has 2 N–H and O–H groups in total. The number of nitro benzene ring substituents is 1. The molecule has 0 unspecified atom stereocenters. The molecule has 0 atom stereocenters. The summed E-state index contributed by atoms with van der Waals surface area (Å²) in [5.41, 5.74) is 4.99. The van der Waals surface area contributed by atoms with Crippen molar-refractivity contribution in [2.24, 2.45) is 5.73 Å². The first-order valence-electron chi connectivity index (χ1n) is 7.01. The summed E-state index contributed by atoms with van der Waals surface area (Å²) in [6.45, 7) is 3.23. The summed E-state index contributed by atoms with van der Waals surface area (Å²) >= 11 is 0. The molecule has 0 saturated carbocycles. The van der Waals surface area contributed by atoms with Crippen molar-refractivity contribution >= 4 is 11.6 Å². The Labute approximate surface area is 122 Å². The van der Waals surface area contributed by atoms with Crippen LogP contribution in [-0.4, -0.2) is 42.0 Å². The van der Waals surface area contributed by atoms with Crippen LogP contribution >= 0.6 is 0 Å². The fraction of sp³-hybridized carbons (Fsp3) is 0.500. The molecule has 0 aliphatic carbocycles. The van der Waals surface area contributed by atoms with Crippen LogP contribution in [0.4, 0.5) is 5.69 Å². The molecule has 1 aliphatic heterocycles. The SMILES string of the molecule is NC(=O)c1ccc(OCCN2CCCCC2)c([N+](=O)[O-])c1. The van der Waals surface area contributed by atoms with Crippen molar-refractivity contribution < 1.29 is 14.5 Å². The van der Waals surface area contributed by atoms with Gasteiger partial charge in [-0.2, -0.15) is 0 Å². The van der Waals surface area contributed by atoms with Gasteiger partial charge < -0.3 is 10.5 Å². The Morgan fingerprint density at radius 1 is 1.33 bits per heavy atom. The van der Waals surface area contributed by atoms with E-state index in [1.165, 1.54) is 31.4 Å². The normalized spacial score (nSPS) is 15.6. The summed E-state index contributed by atoms with van der Waals surface area (Å²) in [5.74, 6) is -0.528. The third-order valence-electron chi connectivity index (χ3n) is 3.55. The number of carbonyl (C=O) groups excluding carboxylic acids is 1. The number of likely N-dealkylation sites (tertiary alicyclic amines) is 1. The molecule has 1 heterocycles. The maximum atomic E-state index is 11.1. The largest absolute Gasteiger partial charge is 0.485 e. The zero-order valence-corrected chi connectivity index (χ0v) is 11.8. The molecule has 1 fully saturated rings. The number of amides is 1. The minimum Gasteiger partial charge on any atom is -0.485 e. The average Bonchev–Trinajstić information content (AvgIpc) is 2.48. The monoisotopic (exact) mass is 293 g/mol. The van der Waals surface area contributed by atoms with Gasteiger partial charge in [-0.15, -0.1) is 0 Å². The van der Waals surface area contributed by atoms with Gasteiger partial charge in [0.25, 0.3) is 0 Å². The Morgan fingerprint density at radius 2 is 2.05 bits per heavy atom. The maximum absolute atomic E-state index is 11.1. The molecule has 1 aromatic rings. The Morgan fingerprint density at radius 3 is 2.67 bits per heavy atom. The van der Waals surface area contributed by atoms with Gasteiger partial charge in [0.05, 0.1) is 4.92 Å². The van der Waals surface area contributed by atoms with Crippen LogP contribution in [0.25, 0.3) is 0 Å². The first-order chi connectivity index (χ1) is 10.1. The van der Waals surface area contributed by atoms with Gasteiger partial charge in [0.15, 0.2) is 5.75 Å². The van der Waals surface area contributed by atoms with E-state index < -0.39 is 10.8 Å². The lowest BCUT2D eigenvalue weighted by atomic mass is 10.1. The highest BCUT2D eigenvalue weighted by molar-refractivity contribution is 5.93. The molecular formula is C14H19N3O4. The Balaban J connectivity index is 1.98. The Kier molecular flexibility index (Phi) is 5.10. The van der Waals surface area contributed by atoms with Gasteiger partial charge in [-0.3, -0.25) is 19.8 Å². The fourth-order valence-corrected chi connectivity index (χ4v) is 2.40. The molecule has 0 spiro atoms. The highest BCUT2D eigenvalue weighted by Crippen LogP contribution is 2.27. The predicted octanol–water partition coefficient (Wildman–Crippen LogP) is 1.56. The number of primary amides is 1. The molecule has 1 saturated heterocycles. The number of benzene rings is 1. The summed E-state index contributed by atoms with van der Waals surface area (Å²) < 4.78 is 5.50. The minimum atomic E-state index is -0.696. The van der Waals surface area contributed by atoms with Crippen molar-refractivity contribution in [1.29, 1.82) is 0 Å². The van der Waals surface area contributed by atoms with Crippen molar-refractivity contribution in [2.45, 2.75) is 19.3 Å². The Hall–Kier alpha value is -2.15. The zero-order valence-electron chi connectivity index (χ0n) is 11.8. The van der Waals surface area contributed by atoms with Crippen LogP contribution in [0.3, 0.4) is 0 Å². The van der Waals surface area contributed by atoms with E-state index in [1.54, 1.807) is 0 Å². The van der Waals surface area contributed by atoms with Crippen LogP contribution < -0.4 is 10.5 Å². The lowest BCUT2D eigenvalue weighted by Crippen LogP contribution is -2.33. The highest BCUT2D eigenvalue weighted by Gasteiger charge is 2.18. The third-order valence-corrected chi connectivity index (χ3v) is 3.55. The molecule has 1 amide bonds. The fourth-order valence-electron chi connectivity index (χ4n) is 2.40. The molecule has 0 aromatic heterocycles. The maximum Gasteiger partial charge on any atom is 0.311 e. The number of carbonyl (C=O) groups is 1. The van der Waals surface area contributed by atoms with Crippen LogP contribution in [0.15, 0.2) is 18.2 Å². The summed E-state index contributed by atoms with van der Waals surface area (Å²) in [6.07, 6.45) is 3.64. The van der Waals surface area contributed by atoms with Crippen LogP contribution in [0.5, 0.6) is 5.75 Å². The van der Waals surface area contributed by atoms with Crippen molar-refractivity contribution in [2.75, 3.05) is 26.2 Å². The third kappa shape index (κ3) is 4.16. The molecule has 114 valence electrons. The van der Waals surface area contributed by atoms with E-state index >= 15 is 0 Å². The second kappa shape index (κ2) is 7.03. The van der Waals surface area contributed by atoms with Crippen LogP contribution in [0, 0.1) is 10.1 Å². The van der Waals surface area contributed by atoms with E-state index in [0.717, 1.165) is 25.7 Å². The van der Waals surface area contributed by atoms with E-state index in [0.29, 0.717) is 6.61 Å². The molecule has 7 nitrogen and oxygen atoms in total. The smallest absolute Gasteiger partial charge is 0.311 e. The van der Waals surface area contributed by atoms with Gasteiger partial charge in [-0.25, -0.2) is 0 Å². The summed E-state index contributed by atoms with van der Waals surface area (Å²) in [7, 11) is 0. The van der Waals surface area contributed by atoms with E-state index in [4.69, 9.17) is 10.5 Å². The summed E-state index contributed by atoms with van der Waals surface area (Å²) in [6, 6.07) is 4.01. The highest BCUT2D eigenvalue weighted by atomic mass is 16.6. The van der Waals surface area contributed by atoms with E-state index in [-0.39, 0.29) is 17.0 Å². The molecular weight excluding hydrogens is 274 g/mol. The lowest BCUT2D eigenvalue weighted by Gasteiger charge is -2.26. The lowest BCUT2D eigenvalue weighted by molar-refractivity contribution is -0.385. The van der Waals surface area contributed by atoms with Crippen molar-refractivity contribution in [3.63, 3.8) is 0 Å². The molecule has 0 radical (unpaired) electrons. The van der Waals surface area contributed by atoms with Crippen molar-refractivity contribution in [3.05, 3.63) is 33.9 Å². The first kappa shape index (κ1) is 15.2. The second-order valence-corrected chi connectivity index (χ2v) is 5.05. The van der Waals surface area contributed by atoms with Gasteiger partial charge in [-0.1, -0.05) is 6.42 Å². The molecule has 0 bridgehead atoms. The number of nitrogens with zero attached hydrogens (tertiary/aromatic N) is 2. The minimum absolute atomic E-state index is 0.102. The standard InChI is InChI=1S/C14H19N3O4/c15-14(18)11-4-5-13(12(10-11)17(19)20)21-9-8-16-6-2-1-3-7-16/h4-5,10H,1-3,6-9H2,(H2,15,18). The number of nitro groups is 1. The molecule has 2 rings (SSSR count). The Bertz CT molecular complexity index is 527. The van der Waals surface area contributed by atoms with Crippen LogP contribution in [0.1, 0.15) is 29.6 Å². The molecule has 1 aliphatic rings. The molecule has 7 heteroatoms. The van der Waals surface area contributed by atoms with Crippen molar-refractivity contribution in [1.82, 2.24) is 4.90 Å². The first-order valence-corrected chi connectivity index (χ1v) is 7.01. The summed E-state index contributed by atoms with van der Waals surface area (Å²) in [4.78, 5) is 23.8. The van der Waals surface area contributed by atoms with Gasteiger partial charge in [0.1, 0.15) is 6.61 Å². The van der Waals surface area contributed by atoms with Gasteiger partial charge >= 0.3 is 5.69 Å². The zero-order chi connectivity index (χ0) is 15.2. The molecule has 1 aromatic carbocycles. The van der Waals surface area contributed by atoms with Crippen molar-refractivity contribution in [3.8, 4) is 5.75 Å². The average molecular weight is 293 g/mol. The number of rotatable bonds is 6. The van der Waals surface area contributed by atoms with Gasteiger partial charge in [-0.05, 0) is 38.1 Å². The number of hydrogen-bond donors (Lipinski definition) is 1. The number of ether oxygens (including phenoxy) is 1. The van der Waals surface area contributed by atoms with E-state index in [9.17, 15) is 14.9 Å². The molecule has 21 heavy (non-hydrogen) atoms. The van der Waals surface area contributed by atoms with E-state index in [2.05, 4.69) is 4.90 Å². The predicted molar refractivity (Wildman–Crippen MR) is 77.4 cm³/mol. The number of nitrogens with two attached hydrogens (primary N) is 1. The summed E-state index contributed by atoms with van der Waals surface area (Å²) in [5, 5.41) is 11.0. The number of piperidine rings is 1. The second-order valence-electron chi connectivity index (χ2n) is 5.05. The quantitative estimate of drug-likeness (QED) is 0.634. The van der Waals surface area contributed by atoms with Gasteiger partial charge in [0.2, 0.25) is 5.91 Å². The van der Waals surface area contributed by atoms with Crippen LogP contribution in [-0.2, 0) is 0 Å². The van der Waals surface area contributed by atoms with Gasteiger partial charge in [0, 0.05) is 18.2 Å². The van der Waals surface area contributed by atoms with E-state index in [1.807, 2.05) is 0 Å².